The van der Waals surface area contributed by atoms with Crippen molar-refractivity contribution in [1.82, 2.24) is 19.7 Å². The Morgan fingerprint density at radius 2 is 2.12 bits per heavy atom. The second-order valence-electron chi connectivity index (χ2n) is 6.47. The van der Waals surface area contributed by atoms with Crippen LogP contribution < -0.4 is 5.56 Å². The highest BCUT2D eigenvalue weighted by Gasteiger charge is 2.29. The number of likely N-dealkylation sites (tertiary alicyclic amines) is 1. The lowest BCUT2D eigenvalue weighted by molar-refractivity contribution is 0.0585. The Balaban J connectivity index is 1.70. The lowest BCUT2D eigenvalue weighted by Crippen LogP contribution is -2.46. The van der Waals surface area contributed by atoms with Crippen molar-refractivity contribution in [3.63, 3.8) is 0 Å². The van der Waals surface area contributed by atoms with Gasteiger partial charge in [0.15, 0.2) is 0 Å². The first-order valence-corrected chi connectivity index (χ1v) is 8.63. The Morgan fingerprint density at radius 3 is 2.96 bits per heavy atom. The van der Waals surface area contributed by atoms with E-state index in [0.29, 0.717) is 24.2 Å². The van der Waals surface area contributed by atoms with Crippen molar-refractivity contribution < 1.29 is 4.79 Å². The van der Waals surface area contributed by atoms with Gasteiger partial charge in [-0.15, -0.1) is 0 Å². The smallest absolute Gasteiger partial charge is 0.255 e. The number of aromatic nitrogens is 3. The third-order valence-corrected chi connectivity index (χ3v) is 4.83. The van der Waals surface area contributed by atoms with Crippen LogP contribution in [0.15, 0.2) is 53.6 Å². The maximum Gasteiger partial charge on any atom is 0.255 e. The van der Waals surface area contributed by atoms with Gasteiger partial charge in [0.25, 0.3) is 5.91 Å². The number of benzene rings is 1. The molecule has 1 fully saturated rings. The average Bonchev–Trinajstić information content (AvgIpc) is 3.14. The number of amides is 1. The first kappa shape index (κ1) is 15.6. The van der Waals surface area contributed by atoms with Gasteiger partial charge in [0, 0.05) is 35.9 Å². The lowest BCUT2D eigenvalue weighted by atomic mass is 9.99. The largest absolute Gasteiger partial charge is 0.334 e. The standard InChI is InChI=1S/C19H20N4O2/c24-18-12-16(15-7-1-2-8-17(15)21-18)19(25)23-11-4-3-6-14(23)13-22-10-5-9-20-22/h1-2,5,7-10,12,14H,3-4,6,11,13H2,(H,21,24). The van der Waals surface area contributed by atoms with Crippen molar-refractivity contribution in [2.45, 2.75) is 31.8 Å². The molecule has 1 N–H and O–H groups in total. The average molecular weight is 336 g/mol. The zero-order valence-electron chi connectivity index (χ0n) is 13.9. The Kier molecular flexibility index (Phi) is 4.09. The predicted octanol–water partition coefficient (Wildman–Crippen LogP) is 2.42. The SMILES string of the molecule is O=C(c1cc(=O)[nH]c2ccccc12)N1CCCCC1Cn1cccn1. The third-order valence-electron chi connectivity index (χ3n) is 4.83. The molecule has 6 heteroatoms. The first-order valence-electron chi connectivity index (χ1n) is 8.63. The van der Waals surface area contributed by atoms with Crippen LogP contribution in [0, 0.1) is 0 Å². The highest BCUT2D eigenvalue weighted by molar-refractivity contribution is 6.06. The summed E-state index contributed by atoms with van der Waals surface area (Å²) in [6.45, 7) is 1.39. The van der Waals surface area contributed by atoms with Gasteiger partial charge in [0.1, 0.15) is 0 Å². The summed E-state index contributed by atoms with van der Waals surface area (Å²) >= 11 is 0. The molecular formula is C19H20N4O2. The van der Waals surface area contributed by atoms with Crippen LogP contribution in [0.2, 0.25) is 0 Å². The van der Waals surface area contributed by atoms with Gasteiger partial charge in [-0.1, -0.05) is 18.2 Å². The zero-order chi connectivity index (χ0) is 17.2. The molecule has 1 unspecified atom stereocenters. The molecular weight excluding hydrogens is 316 g/mol. The molecule has 6 nitrogen and oxygen atoms in total. The maximum atomic E-state index is 13.2. The molecule has 1 aromatic carbocycles. The van der Waals surface area contributed by atoms with Crippen LogP contribution >= 0.6 is 0 Å². The molecule has 0 spiro atoms. The minimum absolute atomic E-state index is 0.0702. The van der Waals surface area contributed by atoms with E-state index in [0.717, 1.165) is 24.6 Å². The van der Waals surface area contributed by atoms with Gasteiger partial charge in [-0.2, -0.15) is 5.10 Å². The van der Waals surface area contributed by atoms with E-state index < -0.39 is 0 Å². The van der Waals surface area contributed by atoms with E-state index >= 15 is 0 Å². The number of nitrogens with zero attached hydrogens (tertiary/aromatic N) is 3. The number of hydrogen-bond acceptors (Lipinski definition) is 3. The molecule has 2 aromatic heterocycles. The molecule has 0 saturated carbocycles. The minimum atomic E-state index is -0.248. The van der Waals surface area contributed by atoms with E-state index in [1.165, 1.54) is 6.07 Å². The number of aromatic amines is 1. The van der Waals surface area contributed by atoms with Crippen molar-refractivity contribution in [3.05, 3.63) is 64.7 Å². The fraction of sp³-hybridized carbons (Fsp3) is 0.316. The molecule has 0 radical (unpaired) electrons. The van der Waals surface area contributed by atoms with E-state index in [1.807, 2.05) is 46.1 Å². The van der Waals surface area contributed by atoms with Crippen molar-refractivity contribution in [2.24, 2.45) is 0 Å². The predicted molar refractivity (Wildman–Crippen MR) is 95.5 cm³/mol. The fourth-order valence-electron chi connectivity index (χ4n) is 3.62. The summed E-state index contributed by atoms with van der Waals surface area (Å²) in [5.74, 6) is -0.0702. The Morgan fingerprint density at radius 1 is 1.24 bits per heavy atom. The third kappa shape index (κ3) is 3.07. The van der Waals surface area contributed by atoms with E-state index in [2.05, 4.69) is 10.1 Å². The van der Waals surface area contributed by atoms with E-state index in [4.69, 9.17) is 0 Å². The van der Waals surface area contributed by atoms with Crippen molar-refractivity contribution in [1.29, 1.82) is 0 Å². The summed E-state index contributed by atoms with van der Waals surface area (Å²) in [6, 6.07) is 10.8. The summed E-state index contributed by atoms with van der Waals surface area (Å²) in [4.78, 5) is 29.9. The van der Waals surface area contributed by atoms with E-state index in [-0.39, 0.29) is 17.5 Å². The first-order chi connectivity index (χ1) is 12.2. The molecule has 0 aliphatic carbocycles. The highest BCUT2D eigenvalue weighted by atomic mass is 16.2. The van der Waals surface area contributed by atoms with Gasteiger partial charge in [-0.3, -0.25) is 14.3 Å². The number of hydrogen-bond donors (Lipinski definition) is 1. The van der Waals surface area contributed by atoms with Crippen LogP contribution in [0.1, 0.15) is 29.6 Å². The van der Waals surface area contributed by atoms with Crippen LogP contribution in [-0.4, -0.2) is 38.2 Å². The summed E-state index contributed by atoms with van der Waals surface area (Å²) in [5.41, 5.74) is 0.924. The number of para-hydroxylation sites is 1. The second kappa shape index (κ2) is 6.55. The quantitative estimate of drug-likeness (QED) is 0.798. The topological polar surface area (TPSA) is 71.0 Å². The summed E-state index contributed by atoms with van der Waals surface area (Å²) < 4.78 is 1.87. The number of piperidine rings is 1. The monoisotopic (exact) mass is 336 g/mol. The van der Waals surface area contributed by atoms with E-state index in [1.54, 1.807) is 6.20 Å². The van der Waals surface area contributed by atoms with Crippen LogP contribution in [-0.2, 0) is 6.54 Å². The molecule has 4 rings (SSSR count). The number of pyridine rings is 1. The van der Waals surface area contributed by atoms with Gasteiger partial charge < -0.3 is 9.88 Å². The number of rotatable bonds is 3. The van der Waals surface area contributed by atoms with Crippen LogP contribution in [0.4, 0.5) is 0 Å². The van der Waals surface area contributed by atoms with Crippen molar-refractivity contribution >= 4 is 16.8 Å². The molecule has 1 aliphatic rings. The Bertz CT molecular complexity index is 945. The van der Waals surface area contributed by atoms with Gasteiger partial charge in [-0.25, -0.2) is 0 Å². The summed E-state index contributed by atoms with van der Waals surface area (Å²) in [7, 11) is 0. The summed E-state index contributed by atoms with van der Waals surface area (Å²) in [6.07, 6.45) is 6.71. The molecule has 3 aromatic rings. The maximum absolute atomic E-state index is 13.2. The molecule has 1 saturated heterocycles. The second-order valence-corrected chi connectivity index (χ2v) is 6.47. The zero-order valence-corrected chi connectivity index (χ0v) is 13.9. The Hall–Kier alpha value is -2.89. The number of nitrogens with one attached hydrogen (secondary N) is 1. The number of carbonyl (C=O) groups excluding carboxylic acids is 1. The molecule has 1 amide bonds. The van der Waals surface area contributed by atoms with Gasteiger partial charge in [-0.05, 0) is 31.4 Å². The van der Waals surface area contributed by atoms with Crippen LogP contribution in [0.3, 0.4) is 0 Å². The molecule has 1 atom stereocenters. The number of H-pyrrole nitrogens is 1. The lowest BCUT2D eigenvalue weighted by Gasteiger charge is -2.36. The number of fused-ring (bicyclic) bond motifs is 1. The fourth-order valence-corrected chi connectivity index (χ4v) is 3.62. The van der Waals surface area contributed by atoms with Crippen LogP contribution in [0.5, 0.6) is 0 Å². The van der Waals surface area contributed by atoms with E-state index in [9.17, 15) is 9.59 Å². The number of carbonyl (C=O) groups is 1. The van der Waals surface area contributed by atoms with Crippen molar-refractivity contribution in [2.75, 3.05) is 6.54 Å². The minimum Gasteiger partial charge on any atom is -0.334 e. The molecule has 1 aliphatic heterocycles. The Labute approximate surface area is 145 Å². The highest BCUT2D eigenvalue weighted by Crippen LogP contribution is 2.23. The van der Waals surface area contributed by atoms with Crippen LogP contribution in [0.25, 0.3) is 10.9 Å². The van der Waals surface area contributed by atoms with Gasteiger partial charge in [0.05, 0.1) is 18.2 Å². The van der Waals surface area contributed by atoms with Gasteiger partial charge >= 0.3 is 0 Å². The molecule has 128 valence electrons. The van der Waals surface area contributed by atoms with Crippen molar-refractivity contribution in [3.8, 4) is 0 Å². The normalized spacial score (nSPS) is 17.8. The summed E-state index contributed by atoms with van der Waals surface area (Å²) in [5, 5.41) is 5.05. The molecule has 0 bridgehead atoms. The molecule has 25 heavy (non-hydrogen) atoms. The van der Waals surface area contributed by atoms with Gasteiger partial charge in [0.2, 0.25) is 5.56 Å². The molecule has 3 heterocycles.